The molecule has 1 saturated heterocycles. The standard InChI is InChI=1S/C22H26N2O5S/c1-3-24(15-11-12-30(27,28)13-15)21(25)14(2)29-22(26)20-16-7-4-5-9-18(16)23-19-10-6-8-17(19)20/h4-5,7,9,14-15H,3,6,8,10-13H2,1-2H3. The maximum Gasteiger partial charge on any atom is 0.339 e. The topological polar surface area (TPSA) is 93.6 Å². The van der Waals surface area contributed by atoms with Crippen molar-refractivity contribution >= 4 is 32.6 Å². The van der Waals surface area contributed by atoms with E-state index < -0.39 is 21.9 Å². The third-order valence-corrected chi connectivity index (χ3v) is 7.78. The first-order valence-corrected chi connectivity index (χ1v) is 12.2. The third kappa shape index (κ3) is 3.80. The monoisotopic (exact) mass is 430 g/mol. The van der Waals surface area contributed by atoms with Crippen LogP contribution in [0.1, 0.15) is 48.3 Å². The Balaban J connectivity index is 1.58. The van der Waals surface area contributed by atoms with Gasteiger partial charge in [-0.05, 0) is 51.2 Å². The second-order valence-corrected chi connectivity index (χ2v) is 10.2. The Labute approximate surface area is 176 Å². The molecule has 0 saturated carbocycles. The van der Waals surface area contributed by atoms with Gasteiger partial charge in [-0.2, -0.15) is 0 Å². The van der Waals surface area contributed by atoms with Crippen LogP contribution >= 0.6 is 0 Å². The molecule has 2 atom stereocenters. The zero-order chi connectivity index (χ0) is 21.5. The van der Waals surface area contributed by atoms with Crippen LogP contribution in [0.25, 0.3) is 10.9 Å². The SMILES string of the molecule is CCN(C(=O)C(C)OC(=O)c1c2c(nc3ccccc13)CCC2)C1CCS(=O)(=O)C1. The lowest BCUT2D eigenvalue weighted by Gasteiger charge is -2.29. The van der Waals surface area contributed by atoms with E-state index in [1.807, 2.05) is 24.3 Å². The van der Waals surface area contributed by atoms with Gasteiger partial charge in [-0.15, -0.1) is 0 Å². The van der Waals surface area contributed by atoms with Crippen LogP contribution in [0.15, 0.2) is 24.3 Å². The molecular weight excluding hydrogens is 404 g/mol. The Kier molecular flexibility index (Phi) is 5.53. The van der Waals surface area contributed by atoms with Crippen LogP contribution in [0.5, 0.6) is 0 Å². The number of hydrogen-bond acceptors (Lipinski definition) is 6. The van der Waals surface area contributed by atoms with E-state index in [0.29, 0.717) is 18.5 Å². The molecule has 30 heavy (non-hydrogen) atoms. The van der Waals surface area contributed by atoms with E-state index in [2.05, 4.69) is 4.98 Å². The Hall–Kier alpha value is -2.48. The predicted octanol–water partition coefficient (Wildman–Crippen LogP) is 2.30. The molecule has 0 N–H and O–H groups in total. The van der Waals surface area contributed by atoms with Crippen LogP contribution < -0.4 is 0 Å². The molecule has 1 aromatic carbocycles. The summed E-state index contributed by atoms with van der Waals surface area (Å²) < 4.78 is 29.3. The normalized spacial score (nSPS) is 20.7. The number of carbonyl (C=O) groups is 2. The highest BCUT2D eigenvalue weighted by Crippen LogP contribution is 2.31. The predicted molar refractivity (Wildman–Crippen MR) is 113 cm³/mol. The lowest BCUT2D eigenvalue weighted by molar-refractivity contribution is -0.141. The summed E-state index contributed by atoms with van der Waals surface area (Å²) in [6.07, 6.45) is 1.96. The van der Waals surface area contributed by atoms with Crippen molar-refractivity contribution in [2.75, 3.05) is 18.1 Å². The number of nitrogens with zero attached hydrogens (tertiary/aromatic N) is 2. The van der Waals surface area contributed by atoms with Gasteiger partial charge in [0.2, 0.25) is 0 Å². The number of esters is 1. The van der Waals surface area contributed by atoms with Crippen LogP contribution in [0.4, 0.5) is 0 Å². The van der Waals surface area contributed by atoms with Crippen molar-refractivity contribution in [2.24, 2.45) is 0 Å². The summed E-state index contributed by atoms with van der Waals surface area (Å²) in [5, 5.41) is 0.733. The van der Waals surface area contributed by atoms with Gasteiger partial charge in [-0.1, -0.05) is 18.2 Å². The molecule has 1 amide bonds. The number of likely N-dealkylation sites (N-methyl/N-ethyl adjacent to an activating group) is 1. The number of carbonyl (C=O) groups excluding carboxylic acids is 2. The van der Waals surface area contributed by atoms with E-state index in [1.54, 1.807) is 13.8 Å². The van der Waals surface area contributed by atoms with Crippen LogP contribution in [0.2, 0.25) is 0 Å². The highest BCUT2D eigenvalue weighted by molar-refractivity contribution is 7.91. The highest BCUT2D eigenvalue weighted by atomic mass is 32.2. The first kappa shape index (κ1) is 20.8. The van der Waals surface area contributed by atoms with Crippen molar-refractivity contribution in [3.63, 3.8) is 0 Å². The van der Waals surface area contributed by atoms with Gasteiger partial charge in [0.05, 0.1) is 22.6 Å². The molecular formula is C22H26N2O5S. The van der Waals surface area contributed by atoms with Gasteiger partial charge < -0.3 is 9.64 Å². The summed E-state index contributed by atoms with van der Waals surface area (Å²) in [6.45, 7) is 3.73. The lowest BCUT2D eigenvalue weighted by Crippen LogP contribution is -2.46. The number of para-hydroxylation sites is 1. The molecule has 1 aliphatic heterocycles. The molecule has 4 rings (SSSR count). The molecule has 2 aromatic rings. The molecule has 160 valence electrons. The summed E-state index contributed by atoms with van der Waals surface area (Å²) in [5.41, 5.74) is 3.08. The van der Waals surface area contributed by atoms with Gasteiger partial charge in [-0.3, -0.25) is 9.78 Å². The molecule has 1 fully saturated rings. The van der Waals surface area contributed by atoms with E-state index in [9.17, 15) is 18.0 Å². The van der Waals surface area contributed by atoms with E-state index in [4.69, 9.17) is 4.74 Å². The van der Waals surface area contributed by atoms with Crippen molar-refractivity contribution in [1.29, 1.82) is 0 Å². The Morgan fingerprint density at radius 1 is 1.27 bits per heavy atom. The minimum atomic E-state index is -3.12. The maximum atomic E-state index is 13.2. The van der Waals surface area contributed by atoms with Crippen molar-refractivity contribution in [3.05, 3.63) is 41.1 Å². The Bertz CT molecular complexity index is 1110. The van der Waals surface area contributed by atoms with Gasteiger partial charge in [0.15, 0.2) is 15.9 Å². The summed E-state index contributed by atoms with van der Waals surface area (Å²) in [7, 11) is -3.12. The fraction of sp³-hybridized carbons (Fsp3) is 0.500. The van der Waals surface area contributed by atoms with E-state index in [0.717, 1.165) is 41.4 Å². The molecule has 1 aliphatic carbocycles. The zero-order valence-electron chi connectivity index (χ0n) is 17.3. The number of ether oxygens (including phenoxy) is 1. The lowest BCUT2D eigenvalue weighted by atomic mass is 10.0. The van der Waals surface area contributed by atoms with E-state index in [-0.39, 0.29) is 23.5 Å². The maximum absolute atomic E-state index is 13.2. The molecule has 7 nitrogen and oxygen atoms in total. The third-order valence-electron chi connectivity index (χ3n) is 6.03. The van der Waals surface area contributed by atoms with Crippen LogP contribution in [0.3, 0.4) is 0 Å². The second kappa shape index (κ2) is 7.98. The molecule has 2 unspecified atom stereocenters. The van der Waals surface area contributed by atoms with Crippen molar-refractivity contribution < 1.29 is 22.7 Å². The number of aryl methyl sites for hydroxylation is 1. The largest absolute Gasteiger partial charge is 0.449 e. The first-order valence-electron chi connectivity index (χ1n) is 10.4. The average molecular weight is 431 g/mol. The number of fused-ring (bicyclic) bond motifs is 2. The number of pyridine rings is 1. The fourth-order valence-corrected chi connectivity index (χ4v) is 6.29. The second-order valence-electron chi connectivity index (χ2n) is 8.01. The summed E-state index contributed by atoms with van der Waals surface area (Å²) in [5.74, 6) is -0.828. The van der Waals surface area contributed by atoms with Gasteiger partial charge in [0.1, 0.15) is 0 Å². The van der Waals surface area contributed by atoms with Crippen molar-refractivity contribution in [3.8, 4) is 0 Å². The number of hydrogen-bond donors (Lipinski definition) is 0. The minimum absolute atomic E-state index is 0.0320. The number of rotatable bonds is 5. The highest BCUT2D eigenvalue weighted by Gasteiger charge is 2.36. The number of amides is 1. The molecule has 8 heteroatoms. The van der Waals surface area contributed by atoms with Crippen LogP contribution in [-0.4, -0.2) is 60.4 Å². The number of aromatic nitrogens is 1. The fourth-order valence-electron chi connectivity index (χ4n) is 4.56. The Morgan fingerprint density at radius 2 is 2.03 bits per heavy atom. The summed E-state index contributed by atoms with van der Waals surface area (Å²) in [4.78, 5) is 32.3. The van der Waals surface area contributed by atoms with E-state index in [1.165, 1.54) is 4.90 Å². The van der Waals surface area contributed by atoms with Gasteiger partial charge >= 0.3 is 5.97 Å². The first-order chi connectivity index (χ1) is 14.3. The smallest absolute Gasteiger partial charge is 0.339 e. The molecule has 2 aliphatic rings. The molecule has 2 heterocycles. The number of benzene rings is 1. The van der Waals surface area contributed by atoms with Gasteiger partial charge in [-0.25, -0.2) is 13.2 Å². The minimum Gasteiger partial charge on any atom is -0.449 e. The van der Waals surface area contributed by atoms with Crippen molar-refractivity contribution in [2.45, 2.75) is 51.7 Å². The summed E-state index contributed by atoms with van der Waals surface area (Å²) in [6, 6.07) is 7.10. The van der Waals surface area contributed by atoms with Gasteiger partial charge in [0.25, 0.3) is 5.91 Å². The molecule has 1 aromatic heterocycles. The Morgan fingerprint density at radius 3 is 2.73 bits per heavy atom. The molecule has 0 radical (unpaired) electrons. The summed E-state index contributed by atoms with van der Waals surface area (Å²) >= 11 is 0. The number of sulfone groups is 1. The quantitative estimate of drug-likeness (QED) is 0.676. The molecule has 0 spiro atoms. The zero-order valence-corrected chi connectivity index (χ0v) is 18.1. The van der Waals surface area contributed by atoms with Crippen LogP contribution in [-0.2, 0) is 32.2 Å². The van der Waals surface area contributed by atoms with E-state index >= 15 is 0 Å². The van der Waals surface area contributed by atoms with Crippen molar-refractivity contribution in [1.82, 2.24) is 9.88 Å². The average Bonchev–Trinajstić information content (AvgIpc) is 3.32. The van der Waals surface area contributed by atoms with Gasteiger partial charge in [0, 0.05) is 23.7 Å². The molecule has 0 bridgehead atoms. The van der Waals surface area contributed by atoms with Crippen LogP contribution in [0, 0.1) is 0 Å².